The van der Waals surface area contributed by atoms with Gasteiger partial charge in [0.15, 0.2) is 0 Å². The first-order chi connectivity index (χ1) is 7.68. The standard InChI is InChI=1S/C13H14N2O/c14-11-6-7-12(16)13(15)10(11)8-9-4-2-1-3-5-9/h1-8,13,16H,14-15H2. The Hall–Kier alpha value is -2.00. The fourth-order valence-electron chi connectivity index (χ4n) is 1.62. The summed E-state index contributed by atoms with van der Waals surface area (Å²) in [6.45, 7) is 0. The van der Waals surface area contributed by atoms with Crippen molar-refractivity contribution in [3.05, 3.63) is 65.1 Å². The summed E-state index contributed by atoms with van der Waals surface area (Å²) in [5, 5.41) is 9.54. The predicted molar refractivity (Wildman–Crippen MR) is 65.4 cm³/mol. The second-order valence-electron chi connectivity index (χ2n) is 3.70. The minimum absolute atomic E-state index is 0.136. The second-order valence-corrected chi connectivity index (χ2v) is 3.70. The van der Waals surface area contributed by atoms with Crippen molar-refractivity contribution in [3.8, 4) is 0 Å². The van der Waals surface area contributed by atoms with Crippen LogP contribution in [0.1, 0.15) is 5.56 Å². The van der Waals surface area contributed by atoms with Crippen molar-refractivity contribution >= 4 is 6.08 Å². The molecule has 3 nitrogen and oxygen atoms in total. The van der Waals surface area contributed by atoms with Crippen molar-refractivity contribution in [2.24, 2.45) is 11.5 Å². The Labute approximate surface area is 94.4 Å². The summed E-state index contributed by atoms with van der Waals surface area (Å²) in [5.41, 5.74) is 14.0. The Morgan fingerprint density at radius 2 is 1.81 bits per heavy atom. The van der Waals surface area contributed by atoms with Crippen LogP contribution in [-0.4, -0.2) is 11.1 Å². The van der Waals surface area contributed by atoms with E-state index < -0.39 is 6.04 Å². The van der Waals surface area contributed by atoms with Crippen LogP contribution in [0, 0.1) is 0 Å². The van der Waals surface area contributed by atoms with Crippen LogP contribution in [0.5, 0.6) is 0 Å². The van der Waals surface area contributed by atoms with E-state index in [1.807, 2.05) is 36.4 Å². The highest BCUT2D eigenvalue weighted by atomic mass is 16.3. The van der Waals surface area contributed by atoms with Crippen LogP contribution in [0.2, 0.25) is 0 Å². The quantitative estimate of drug-likeness (QED) is 0.666. The summed E-state index contributed by atoms with van der Waals surface area (Å²) in [5.74, 6) is 0.136. The van der Waals surface area contributed by atoms with Crippen LogP contribution >= 0.6 is 0 Å². The monoisotopic (exact) mass is 214 g/mol. The molecule has 0 heterocycles. The van der Waals surface area contributed by atoms with E-state index in [2.05, 4.69) is 0 Å². The largest absolute Gasteiger partial charge is 0.510 e. The first-order valence-corrected chi connectivity index (χ1v) is 5.07. The van der Waals surface area contributed by atoms with Gasteiger partial charge < -0.3 is 16.6 Å². The van der Waals surface area contributed by atoms with E-state index in [0.717, 1.165) is 11.1 Å². The van der Waals surface area contributed by atoms with Crippen LogP contribution in [0.15, 0.2) is 59.5 Å². The van der Waals surface area contributed by atoms with Gasteiger partial charge in [-0.15, -0.1) is 0 Å². The molecule has 0 bridgehead atoms. The van der Waals surface area contributed by atoms with Gasteiger partial charge in [0.25, 0.3) is 0 Å². The summed E-state index contributed by atoms with van der Waals surface area (Å²) in [7, 11) is 0. The molecule has 1 aliphatic rings. The van der Waals surface area contributed by atoms with Gasteiger partial charge in [-0.3, -0.25) is 0 Å². The topological polar surface area (TPSA) is 72.3 Å². The Morgan fingerprint density at radius 1 is 1.12 bits per heavy atom. The molecule has 0 spiro atoms. The molecule has 0 amide bonds. The highest BCUT2D eigenvalue weighted by Gasteiger charge is 2.18. The van der Waals surface area contributed by atoms with Gasteiger partial charge in [0.05, 0.1) is 6.04 Å². The molecule has 5 N–H and O–H groups in total. The molecule has 82 valence electrons. The molecular formula is C13H14N2O. The Bertz CT molecular complexity index is 472. The van der Waals surface area contributed by atoms with Crippen LogP contribution in [0.3, 0.4) is 0 Å². The first kappa shape index (κ1) is 10.5. The third-order valence-corrected chi connectivity index (χ3v) is 2.54. The third-order valence-electron chi connectivity index (χ3n) is 2.54. The first-order valence-electron chi connectivity index (χ1n) is 5.07. The lowest BCUT2D eigenvalue weighted by Gasteiger charge is -2.19. The van der Waals surface area contributed by atoms with Crippen molar-refractivity contribution in [3.63, 3.8) is 0 Å². The molecular weight excluding hydrogens is 200 g/mol. The molecule has 1 atom stereocenters. The number of aliphatic hydroxyl groups is 1. The van der Waals surface area contributed by atoms with Gasteiger partial charge in [0.1, 0.15) is 5.76 Å². The van der Waals surface area contributed by atoms with Crippen LogP contribution < -0.4 is 11.5 Å². The van der Waals surface area contributed by atoms with Crippen molar-refractivity contribution in [2.45, 2.75) is 6.04 Å². The number of aliphatic hydroxyl groups excluding tert-OH is 1. The van der Waals surface area contributed by atoms with E-state index >= 15 is 0 Å². The van der Waals surface area contributed by atoms with Crippen molar-refractivity contribution in [1.29, 1.82) is 0 Å². The van der Waals surface area contributed by atoms with Gasteiger partial charge in [-0.1, -0.05) is 30.3 Å². The summed E-state index contributed by atoms with van der Waals surface area (Å²) in [4.78, 5) is 0. The van der Waals surface area contributed by atoms with Gasteiger partial charge in [0.2, 0.25) is 0 Å². The van der Waals surface area contributed by atoms with E-state index in [-0.39, 0.29) is 5.76 Å². The molecule has 1 aromatic rings. The van der Waals surface area contributed by atoms with Crippen LogP contribution in [-0.2, 0) is 0 Å². The van der Waals surface area contributed by atoms with E-state index in [4.69, 9.17) is 11.5 Å². The van der Waals surface area contributed by atoms with E-state index in [9.17, 15) is 5.11 Å². The molecule has 0 aromatic heterocycles. The number of hydrogen-bond acceptors (Lipinski definition) is 3. The molecule has 2 rings (SSSR count). The predicted octanol–water partition coefficient (Wildman–Crippen LogP) is 1.70. The zero-order chi connectivity index (χ0) is 11.5. The molecule has 0 radical (unpaired) electrons. The third kappa shape index (κ3) is 1.99. The lowest BCUT2D eigenvalue weighted by molar-refractivity contribution is 0.379. The number of rotatable bonds is 1. The molecule has 0 saturated carbocycles. The smallest absolute Gasteiger partial charge is 0.114 e. The number of nitrogens with two attached hydrogens (primary N) is 2. The average Bonchev–Trinajstić information content (AvgIpc) is 2.31. The van der Waals surface area contributed by atoms with Crippen LogP contribution in [0.4, 0.5) is 0 Å². The zero-order valence-corrected chi connectivity index (χ0v) is 8.80. The summed E-state index contributed by atoms with van der Waals surface area (Å²) < 4.78 is 0. The van der Waals surface area contributed by atoms with Gasteiger partial charge in [0, 0.05) is 5.70 Å². The zero-order valence-electron chi connectivity index (χ0n) is 8.80. The van der Waals surface area contributed by atoms with Gasteiger partial charge >= 0.3 is 0 Å². The highest BCUT2D eigenvalue weighted by molar-refractivity contribution is 5.62. The maximum atomic E-state index is 9.54. The summed E-state index contributed by atoms with van der Waals surface area (Å²) in [6, 6.07) is 9.21. The van der Waals surface area contributed by atoms with E-state index in [1.54, 1.807) is 6.08 Å². The van der Waals surface area contributed by atoms with Crippen molar-refractivity contribution in [2.75, 3.05) is 0 Å². The molecule has 1 aliphatic carbocycles. The summed E-state index contributed by atoms with van der Waals surface area (Å²) >= 11 is 0. The van der Waals surface area contributed by atoms with E-state index in [1.165, 1.54) is 6.08 Å². The van der Waals surface area contributed by atoms with Crippen molar-refractivity contribution < 1.29 is 5.11 Å². The number of hydrogen-bond donors (Lipinski definition) is 3. The van der Waals surface area contributed by atoms with Crippen LogP contribution in [0.25, 0.3) is 6.08 Å². The molecule has 16 heavy (non-hydrogen) atoms. The summed E-state index contributed by atoms with van der Waals surface area (Å²) in [6.07, 6.45) is 5.08. The lowest BCUT2D eigenvalue weighted by Crippen LogP contribution is -2.30. The maximum Gasteiger partial charge on any atom is 0.114 e. The highest BCUT2D eigenvalue weighted by Crippen LogP contribution is 2.21. The number of allylic oxidation sites excluding steroid dienone is 2. The minimum atomic E-state index is -0.537. The van der Waals surface area contributed by atoms with Gasteiger partial charge in [-0.2, -0.15) is 0 Å². The molecule has 0 saturated heterocycles. The van der Waals surface area contributed by atoms with E-state index in [0.29, 0.717) is 5.70 Å². The minimum Gasteiger partial charge on any atom is -0.510 e. The van der Waals surface area contributed by atoms with Crippen molar-refractivity contribution in [1.82, 2.24) is 0 Å². The SMILES string of the molecule is NC1=CC=C(O)C(N)C1=Cc1ccccc1. The molecule has 3 heteroatoms. The lowest BCUT2D eigenvalue weighted by atomic mass is 9.96. The fourth-order valence-corrected chi connectivity index (χ4v) is 1.62. The molecule has 0 fully saturated rings. The fraction of sp³-hybridized carbons (Fsp3) is 0.0769. The Balaban J connectivity index is 2.38. The Morgan fingerprint density at radius 3 is 2.50 bits per heavy atom. The molecule has 0 aliphatic heterocycles. The average molecular weight is 214 g/mol. The van der Waals surface area contributed by atoms with Gasteiger partial charge in [-0.25, -0.2) is 0 Å². The maximum absolute atomic E-state index is 9.54. The second kappa shape index (κ2) is 4.24. The van der Waals surface area contributed by atoms with Gasteiger partial charge in [-0.05, 0) is 29.4 Å². The Kier molecular flexibility index (Phi) is 2.79. The normalized spacial score (nSPS) is 22.8. The molecule has 1 unspecified atom stereocenters. The molecule has 1 aromatic carbocycles. The number of benzene rings is 1.